The quantitative estimate of drug-likeness (QED) is 0.170. The predicted molar refractivity (Wildman–Crippen MR) is 349 cm³/mol. The highest BCUT2D eigenvalue weighted by atomic mass is 32.2. The third-order valence-electron chi connectivity index (χ3n) is 16.8. The van der Waals surface area contributed by atoms with Gasteiger partial charge in [0.1, 0.15) is 22.7 Å². The summed E-state index contributed by atoms with van der Waals surface area (Å²) in [6.45, 7) is 4.00. The molecular weight excluding hydrogens is 1070 g/mol. The van der Waals surface area contributed by atoms with E-state index in [1.54, 1.807) is 18.0 Å². The monoisotopic (exact) mass is 1110 g/mol. The van der Waals surface area contributed by atoms with Gasteiger partial charge in [-0.3, -0.25) is 9.13 Å². The Balaban J connectivity index is 0.000000124. The second-order valence-electron chi connectivity index (χ2n) is 21.1. The minimum absolute atomic E-state index is 0.629. The van der Waals surface area contributed by atoms with E-state index in [9.17, 15) is 0 Å². The highest BCUT2D eigenvalue weighted by Gasteiger charge is 2.29. The summed E-state index contributed by atoms with van der Waals surface area (Å²) < 4.78 is 20.1. The maximum atomic E-state index is 6.72. The highest BCUT2D eigenvalue weighted by molar-refractivity contribution is 7.99. The zero-order chi connectivity index (χ0) is 55.3. The summed E-state index contributed by atoms with van der Waals surface area (Å²) in [5.41, 5.74) is 12.2. The Morgan fingerprint density at radius 3 is 1.80 bits per heavy atom. The molecular formula is C74H44N6O2S2. The second kappa shape index (κ2) is 18.1. The number of pyridine rings is 2. The van der Waals surface area contributed by atoms with Gasteiger partial charge in [-0.2, -0.15) is 0 Å². The summed E-state index contributed by atoms with van der Waals surface area (Å²) in [6, 6.07) is 79.1. The lowest BCUT2D eigenvalue weighted by Crippen LogP contribution is -2.05. The van der Waals surface area contributed by atoms with Crippen LogP contribution >= 0.6 is 23.1 Å². The summed E-state index contributed by atoms with van der Waals surface area (Å²) in [6.07, 6.45) is 1.78. The van der Waals surface area contributed by atoms with Crippen molar-refractivity contribution >= 4 is 152 Å². The molecule has 2 aliphatic heterocycles. The van der Waals surface area contributed by atoms with Crippen molar-refractivity contribution in [1.29, 1.82) is 0 Å². The van der Waals surface area contributed by atoms with Gasteiger partial charge in [0.05, 0.1) is 43.4 Å². The van der Waals surface area contributed by atoms with E-state index in [1.165, 1.54) is 67.8 Å². The van der Waals surface area contributed by atoms with Gasteiger partial charge in [-0.15, -0.1) is 11.3 Å². The van der Waals surface area contributed by atoms with Gasteiger partial charge in [0.25, 0.3) is 0 Å². The van der Waals surface area contributed by atoms with Crippen LogP contribution in [0.15, 0.2) is 245 Å². The van der Waals surface area contributed by atoms with E-state index >= 15 is 0 Å². The Labute approximate surface area is 487 Å². The molecule has 0 spiro atoms. The molecule has 8 nitrogen and oxygen atoms in total. The van der Waals surface area contributed by atoms with E-state index in [0.717, 1.165) is 105 Å². The number of para-hydroxylation sites is 3. The van der Waals surface area contributed by atoms with Crippen LogP contribution in [0.5, 0.6) is 11.6 Å². The van der Waals surface area contributed by atoms with E-state index in [-0.39, 0.29) is 0 Å². The molecule has 0 bridgehead atoms. The lowest BCUT2D eigenvalue weighted by atomic mass is 9.98. The topological polar surface area (TPSA) is 83.8 Å². The van der Waals surface area contributed by atoms with Crippen LogP contribution in [0.2, 0.25) is 0 Å². The molecule has 20 rings (SSSR count). The van der Waals surface area contributed by atoms with Crippen LogP contribution in [0.1, 0.15) is 13.8 Å². The lowest BCUT2D eigenvalue weighted by molar-refractivity contribution is 0.467. The van der Waals surface area contributed by atoms with Crippen LogP contribution in [-0.2, 0) is 0 Å². The third-order valence-corrected chi connectivity index (χ3v) is 19.1. The molecule has 394 valence electrons. The number of nitrogens with zero attached hydrogens (tertiary/aromatic N) is 6. The number of thiophene rings is 1. The lowest BCUT2D eigenvalue weighted by Gasteiger charge is -2.21. The zero-order valence-electron chi connectivity index (χ0n) is 45.3. The van der Waals surface area contributed by atoms with Gasteiger partial charge < -0.3 is 9.15 Å². The maximum Gasteiger partial charge on any atom is 0.235 e. The first-order valence-electron chi connectivity index (χ1n) is 28.4. The first-order chi connectivity index (χ1) is 41.7. The summed E-state index contributed by atoms with van der Waals surface area (Å²) in [7, 11) is 0. The molecule has 0 aliphatic carbocycles. The first-order valence-corrected chi connectivity index (χ1v) is 30.0. The number of aromatic nitrogens is 6. The fourth-order valence-electron chi connectivity index (χ4n) is 13.5. The average Bonchev–Trinajstić information content (AvgIpc) is 1.81. The summed E-state index contributed by atoms with van der Waals surface area (Å²) in [4.78, 5) is 22.8. The smallest absolute Gasteiger partial charge is 0.235 e. The second-order valence-corrected chi connectivity index (χ2v) is 23.2. The van der Waals surface area contributed by atoms with Gasteiger partial charge in [0, 0.05) is 85.9 Å². The van der Waals surface area contributed by atoms with Gasteiger partial charge >= 0.3 is 0 Å². The summed E-state index contributed by atoms with van der Waals surface area (Å²) >= 11 is 3.65. The number of furan rings is 1. The van der Waals surface area contributed by atoms with Gasteiger partial charge in [0.15, 0.2) is 5.58 Å². The van der Waals surface area contributed by atoms with Crippen molar-refractivity contribution in [3.8, 4) is 45.8 Å². The minimum atomic E-state index is 0.629. The van der Waals surface area contributed by atoms with Gasteiger partial charge in [-0.1, -0.05) is 177 Å². The number of benzene rings is 11. The number of hydrogen-bond acceptors (Lipinski definition) is 8. The number of hydrogen-bond donors (Lipinski definition) is 0. The fourth-order valence-corrected chi connectivity index (χ4v) is 15.9. The van der Waals surface area contributed by atoms with Crippen LogP contribution in [0, 0.1) is 0 Å². The Bertz CT molecular complexity index is 5510. The molecule has 11 aromatic carbocycles. The molecule has 2 aliphatic rings. The van der Waals surface area contributed by atoms with Crippen molar-refractivity contribution in [2.24, 2.45) is 0 Å². The van der Waals surface area contributed by atoms with Crippen molar-refractivity contribution in [2.75, 3.05) is 0 Å². The van der Waals surface area contributed by atoms with E-state index in [0.29, 0.717) is 11.8 Å². The predicted octanol–water partition coefficient (Wildman–Crippen LogP) is 21.0. The van der Waals surface area contributed by atoms with Crippen LogP contribution in [0.3, 0.4) is 0 Å². The Hall–Kier alpha value is -10.4. The van der Waals surface area contributed by atoms with E-state index in [1.807, 2.05) is 49.4 Å². The number of ether oxygens (including phenoxy) is 1. The normalized spacial score (nSPS) is 12.5. The fraction of sp³-hybridized carbons (Fsp3) is 0.0270. The molecule has 10 heteroatoms. The van der Waals surface area contributed by atoms with Gasteiger partial charge in [-0.25, -0.2) is 19.9 Å². The summed E-state index contributed by atoms with van der Waals surface area (Å²) in [5, 5.41) is 16.7. The van der Waals surface area contributed by atoms with Crippen molar-refractivity contribution in [3.05, 3.63) is 231 Å². The van der Waals surface area contributed by atoms with E-state index < -0.39 is 0 Å². The standard InChI is InChI=1S/2C36H19N3OS.C2H6/c1-2-11-21-20(10-1)30-22-12-3-6-16-26(22)39(34(30)35-31(21)23-13-4-7-17-27(23)40-35)36-37-25-15-9-19-29-32(25)33(38-36)24-14-5-8-18-28(24)41-29;1-2-10-21-20(9-1)31-23-11-3-5-15-27(23)39(34(31)35-32(21)24-12-4-6-17-29(24)41-35)30-19-25-22-13-8-18-37-36(22)40-28-16-7-14-26(38-30)33(25)28;1-2/h2*1-19H;1-2H3. The van der Waals surface area contributed by atoms with Gasteiger partial charge in [-0.05, 0) is 94.3 Å². The molecule has 9 heterocycles. The van der Waals surface area contributed by atoms with Crippen molar-refractivity contribution in [3.63, 3.8) is 0 Å². The van der Waals surface area contributed by atoms with Crippen LogP contribution < -0.4 is 4.74 Å². The van der Waals surface area contributed by atoms with E-state index in [4.69, 9.17) is 24.1 Å². The van der Waals surface area contributed by atoms with Gasteiger partial charge in [0.2, 0.25) is 11.8 Å². The SMILES string of the molecule is CC.c1ccc2c(c1)Sc1cccc3nc(-n4c5ccccc5c5c6ccccc6c6c7ccccc7oc6c54)nc-2c13.c1cnc2c(c1)-c1cc(-n3c4ccccc4c4c5ccccc5c5c6ccccc6sc5c43)nc3cccc(c13)O2. The molecule has 0 unspecified atom stereocenters. The molecule has 0 amide bonds. The Morgan fingerprint density at radius 2 is 1.01 bits per heavy atom. The molecule has 0 saturated carbocycles. The van der Waals surface area contributed by atoms with Crippen molar-refractivity contribution in [1.82, 2.24) is 29.1 Å². The van der Waals surface area contributed by atoms with Crippen molar-refractivity contribution < 1.29 is 9.15 Å². The maximum absolute atomic E-state index is 6.72. The van der Waals surface area contributed by atoms with Crippen LogP contribution in [-0.4, -0.2) is 29.1 Å². The van der Waals surface area contributed by atoms with Crippen LogP contribution in [0.25, 0.3) is 163 Å². The van der Waals surface area contributed by atoms with Crippen LogP contribution in [0.4, 0.5) is 0 Å². The summed E-state index contributed by atoms with van der Waals surface area (Å²) in [5.74, 6) is 2.96. The molecule has 0 atom stereocenters. The molecule has 0 N–H and O–H groups in total. The molecule has 84 heavy (non-hydrogen) atoms. The Morgan fingerprint density at radius 1 is 0.417 bits per heavy atom. The average molecular weight is 1110 g/mol. The molecule has 0 radical (unpaired) electrons. The number of rotatable bonds is 2. The largest absolute Gasteiger partial charge is 0.454 e. The highest BCUT2D eigenvalue weighted by Crippen LogP contribution is 2.52. The zero-order valence-corrected chi connectivity index (χ0v) is 46.9. The van der Waals surface area contributed by atoms with Crippen molar-refractivity contribution in [2.45, 2.75) is 23.6 Å². The third kappa shape index (κ3) is 6.54. The molecule has 7 aromatic heterocycles. The molecule has 18 aromatic rings. The first kappa shape index (κ1) is 47.3. The minimum Gasteiger partial charge on any atom is -0.454 e. The molecule has 0 fully saturated rings. The van der Waals surface area contributed by atoms with E-state index in [2.05, 4.69) is 214 Å². The number of fused-ring (bicyclic) bond motifs is 24. The Kier molecular flexibility index (Phi) is 10.2. The molecule has 0 saturated heterocycles.